The number of hydrogen-bond acceptors (Lipinski definition) is 9. The number of ether oxygens (including phenoxy) is 2. The van der Waals surface area contributed by atoms with Crippen LogP contribution in [-0.4, -0.2) is 94.6 Å². The van der Waals surface area contributed by atoms with Crippen LogP contribution >= 0.6 is 0 Å². The molecule has 0 aliphatic carbocycles. The number of carbonyl (C=O) groups excluding carboxylic acids is 2. The molecule has 10 nitrogen and oxygen atoms in total. The lowest BCUT2D eigenvalue weighted by Gasteiger charge is -2.33. The molecule has 0 bridgehead atoms. The highest BCUT2D eigenvalue weighted by Crippen LogP contribution is 2.20. The normalized spacial score (nSPS) is 20.8. The van der Waals surface area contributed by atoms with Gasteiger partial charge >= 0.3 is 12.1 Å². The molecule has 1 aromatic rings. The van der Waals surface area contributed by atoms with Crippen molar-refractivity contribution in [1.82, 2.24) is 10.2 Å². The maximum Gasteiger partial charge on any atom is 0.407 e. The summed E-state index contributed by atoms with van der Waals surface area (Å²) in [7, 11) is 1.28. The maximum absolute atomic E-state index is 12.3. The number of aliphatic hydroxyl groups is 4. The monoisotopic (exact) mass is 426 g/mol. The van der Waals surface area contributed by atoms with Gasteiger partial charge in [0.1, 0.15) is 31.0 Å². The minimum Gasteiger partial charge on any atom is -0.468 e. The highest BCUT2D eigenvalue weighted by molar-refractivity contribution is 5.76. The van der Waals surface area contributed by atoms with Crippen molar-refractivity contribution in [2.45, 2.75) is 49.8 Å². The molecule has 1 aliphatic rings. The van der Waals surface area contributed by atoms with E-state index in [1.54, 1.807) is 29.2 Å². The van der Waals surface area contributed by atoms with Gasteiger partial charge in [0.25, 0.3) is 0 Å². The largest absolute Gasteiger partial charge is 0.468 e. The van der Waals surface area contributed by atoms with Crippen LogP contribution in [-0.2, 0) is 20.9 Å². The van der Waals surface area contributed by atoms with Crippen molar-refractivity contribution in [1.29, 1.82) is 0 Å². The number of benzene rings is 1. The van der Waals surface area contributed by atoms with E-state index in [-0.39, 0.29) is 13.2 Å². The van der Waals surface area contributed by atoms with Crippen molar-refractivity contribution in [3.05, 3.63) is 35.9 Å². The van der Waals surface area contributed by atoms with Crippen molar-refractivity contribution in [2.75, 3.05) is 26.8 Å². The third-order valence-corrected chi connectivity index (χ3v) is 5.13. The molecular weight excluding hydrogens is 396 g/mol. The van der Waals surface area contributed by atoms with Gasteiger partial charge in [0.05, 0.1) is 19.8 Å². The molecule has 1 aliphatic heterocycles. The van der Waals surface area contributed by atoms with E-state index in [4.69, 9.17) is 14.6 Å². The molecule has 3 unspecified atom stereocenters. The number of hydrogen-bond donors (Lipinski definition) is 5. The lowest BCUT2D eigenvalue weighted by Crippen LogP contribution is -2.58. The van der Waals surface area contributed by atoms with Crippen LogP contribution in [0.1, 0.15) is 18.4 Å². The molecule has 0 radical (unpaired) electrons. The van der Waals surface area contributed by atoms with Crippen LogP contribution < -0.4 is 5.32 Å². The Hall–Kier alpha value is -2.24. The van der Waals surface area contributed by atoms with Crippen molar-refractivity contribution < 1.29 is 39.5 Å². The Morgan fingerprint density at radius 1 is 1.20 bits per heavy atom. The Bertz CT molecular complexity index is 674. The fraction of sp³-hybridized carbons (Fsp3) is 0.600. The molecule has 30 heavy (non-hydrogen) atoms. The van der Waals surface area contributed by atoms with Gasteiger partial charge in [-0.1, -0.05) is 30.3 Å². The van der Waals surface area contributed by atoms with Gasteiger partial charge in [-0.05, 0) is 24.9 Å². The van der Waals surface area contributed by atoms with Crippen LogP contribution in [0.5, 0.6) is 0 Å². The van der Waals surface area contributed by atoms with E-state index in [0.29, 0.717) is 13.0 Å². The molecule has 1 amide bonds. The standard InChI is InChI=1S/C20H30N2O8/c1-29-19(27)15-8-5-9-22(15)10-14(17(25)18(26)16(24)11-23)21-20(28)30-12-13-6-3-2-4-7-13/h2-4,6-7,14-18,23-26H,5,8-12H2,1H3,(H,21,28)/t14-,15-,16?,17?,18?/m0/s1. The smallest absolute Gasteiger partial charge is 0.407 e. The number of amides is 1. The molecule has 1 fully saturated rings. The molecule has 1 aromatic carbocycles. The summed E-state index contributed by atoms with van der Waals surface area (Å²) in [6.07, 6.45) is -4.47. The van der Waals surface area contributed by atoms with Crippen LogP contribution in [0.4, 0.5) is 4.79 Å². The highest BCUT2D eigenvalue weighted by Gasteiger charge is 2.38. The molecule has 0 aromatic heterocycles. The van der Waals surface area contributed by atoms with Crippen LogP contribution in [0.2, 0.25) is 0 Å². The van der Waals surface area contributed by atoms with E-state index >= 15 is 0 Å². The molecular formula is C20H30N2O8. The van der Waals surface area contributed by atoms with Crippen molar-refractivity contribution in [2.24, 2.45) is 0 Å². The zero-order chi connectivity index (χ0) is 22.1. The second-order valence-corrected chi connectivity index (χ2v) is 7.22. The first kappa shape index (κ1) is 24.0. The van der Waals surface area contributed by atoms with E-state index in [0.717, 1.165) is 12.0 Å². The fourth-order valence-electron chi connectivity index (χ4n) is 3.43. The molecule has 168 valence electrons. The summed E-state index contributed by atoms with van der Waals surface area (Å²) in [5, 5.41) is 41.9. The Kier molecular flexibility index (Phi) is 9.47. The third-order valence-electron chi connectivity index (χ3n) is 5.13. The number of likely N-dealkylation sites (tertiary alicyclic amines) is 1. The average Bonchev–Trinajstić information content (AvgIpc) is 3.24. The number of aliphatic hydroxyl groups excluding tert-OH is 4. The second kappa shape index (κ2) is 11.8. The van der Waals surface area contributed by atoms with Gasteiger partial charge in [0.15, 0.2) is 0 Å². The second-order valence-electron chi connectivity index (χ2n) is 7.22. The third kappa shape index (κ3) is 6.64. The van der Waals surface area contributed by atoms with Crippen LogP contribution in [0.3, 0.4) is 0 Å². The molecule has 10 heteroatoms. The summed E-state index contributed by atoms with van der Waals surface area (Å²) in [4.78, 5) is 26.0. The van der Waals surface area contributed by atoms with Crippen molar-refractivity contribution >= 4 is 12.1 Å². The molecule has 1 heterocycles. The number of rotatable bonds is 10. The molecule has 5 atom stereocenters. The Morgan fingerprint density at radius 3 is 2.53 bits per heavy atom. The van der Waals surface area contributed by atoms with Gasteiger partial charge in [-0.3, -0.25) is 9.69 Å². The maximum atomic E-state index is 12.3. The molecule has 1 saturated heterocycles. The number of esters is 1. The Morgan fingerprint density at radius 2 is 1.90 bits per heavy atom. The number of nitrogens with one attached hydrogen (secondary N) is 1. The summed E-state index contributed by atoms with van der Waals surface area (Å²) in [5.74, 6) is -0.427. The van der Waals surface area contributed by atoms with Gasteiger partial charge in [-0.25, -0.2) is 4.79 Å². The number of carbonyl (C=O) groups is 2. The first-order chi connectivity index (χ1) is 14.4. The average molecular weight is 426 g/mol. The van der Waals surface area contributed by atoms with E-state index in [9.17, 15) is 24.9 Å². The predicted octanol–water partition coefficient (Wildman–Crippen LogP) is -1.01. The van der Waals surface area contributed by atoms with Gasteiger partial charge in [0, 0.05) is 6.54 Å². The van der Waals surface area contributed by atoms with E-state index in [1.165, 1.54) is 7.11 Å². The Labute approximate surface area is 175 Å². The lowest BCUT2D eigenvalue weighted by molar-refractivity contribution is -0.146. The van der Waals surface area contributed by atoms with Crippen molar-refractivity contribution in [3.8, 4) is 0 Å². The zero-order valence-electron chi connectivity index (χ0n) is 16.9. The van der Waals surface area contributed by atoms with E-state index in [1.807, 2.05) is 6.07 Å². The molecule has 2 rings (SSSR count). The minimum absolute atomic E-state index is 0.00576. The summed E-state index contributed by atoms with van der Waals surface area (Å²) in [6.45, 7) is -0.220. The van der Waals surface area contributed by atoms with Crippen molar-refractivity contribution in [3.63, 3.8) is 0 Å². The number of nitrogens with zero attached hydrogens (tertiary/aromatic N) is 1. The summed E-state index contributed by atoms with van der Waals surface area (Å²) in [5.41, 5.74) is 0.769. The van der Waals surface area contributed by atoms with Crippen LogP contribution in [0, 0.1) is 0 Å². The van der Waals surface area contributed by atoms with E-state index in [2.05, 4.69) is 5.32 Å². The lowest BCUT2D eigenvalue weighted by atomic mass is 10.0. The molecule has 0 saturated carbocycles. The first-order valence-electron chi connectivity index (χ1n) is 9.81. The summed E-state index contributed by atoms with van der Waals surface area (Å²) in [6, 6.07) is 7.39. The molecule has 0 spiro atoms. The van der Waals surface area contributed by atoms with Gasteiger partial charge in [-0.2, -0.15) is 0 Å². The topological polar surface area (TPSA) is 149 Å². The number of methoxy groups -OCH3 is 1. The zero-order valence-corrected chi connectivity index (χ0v) is 16.9. The van der Waals surface area contributed by atoms with Gasteiger partial charge in [-0.15, -0.1) is 0 Å². The Balaban J connectivity index is 2.06. The molecule has 5 N–H and O–H groups in total. The predicted molar refractivity (Wildman–Crippen MR) is 105 cm³/mol. The van der Waals surface area contributed by atoms with Crippen LogP contribution in [0.15, 0.2) is 30.3 Å². The highest BCUT2D eigenvalue weighted by atomic mass is 16.5. The summed E-state index contributed by atoms with van der Waals surface area (Å²) < 4.78 is 9.97. The quantitative estimate of drug-likeness (QED) is 0.297. The minimum atomic E-state index is -1.71. The fourth-order valence-corrected chi connectivity index (χ4v) is 3.43. The SMILES string of the molecule is COC(=O)[C@@H]1CCCN1C[C@H](NC(=O)OCc1ccccc1)C(O)C(O)C(O)CO. The number of alkyl carbamates (subject to hydrolysis) is 1. The van der Waals surface area contributed by atoms with Gasteiger partial charge in [0.2, 0.25) is 0 Å². The first-order valence-corrected chi connectivity index (χ1v) is 9.81. The van der Waals surface area contributed by atoms with Gasteiger partial charge < -0.3 is 35.2 Å². The summed E-state index contributed by atoms with van der Waals surface area (Å²) >= 11 is 0. The van der Waals surface area contributed by atoms with E-state index < -0.39 is 49.1 Å². The van der Waals surface area contributed by atoms with Crippen LogP contribution in [0.25, 0.3) is 0 Å².